The summed E-state index contributed by atoms with van der Waals surface area (Å²) < 4.78 is 60.5. The van der Waals surface area contributed by atoms with E-state index in [-0.39, 0.29) is 55.7 Å². The molecule has 0 saturated heterocycles. The summed E-state index contributed by atoms with van der Waals surface area (Å²) in [5.41, 5.74) is 4.32. The van der Waals surface area contributed by atoms with E-state index in [2.05, 4.69) is 27.1 Å². The zero-order valence-corrected chi connectivity index (χ0v) is 22.6. The molecule has 1 radical (unpaired) electrons. The summed E-state index contributed by atoms with van der Waals surface area (Å²) in [6, 6.07) is 23.5. The summed E-state index contributed by atoms with van der Waals surface area (Å²) in [5.74, 6) is 0. The molecule has 4 heterocycles. The minimum absolute atomic E-state index is 0. The van der Waals surface area contributed by atoms with Gasteiger partial charge in [-0.1, -0.05) is 41.2 Å². The summed E-state index contributed by atoms with van der Waals surface area (Å²) in [5, 5.41) is 2.68. The fourth-order valence-electron chi connectivity index (χ4n) is 3.93. The van der Waals surface area contributed by atoms with E-state index in [1.807, 2.05) is 43.3 Å². The van der Waals surface area contributed by atoms with E-state index >= 15 is 0 Å². The maximum Gasteiger partial charge on any atom is 0.148 e. The first kappa shape index (κ1) is 17.7. The van der Waals surface area contributed by atoms with Crippen LogP contribution in [0.15, 0.2) is 95.6 Å². The minimum Gasteiger partial charge on any atom is -0.498 e. The van der Waals surface area contributed by atoms with Gasteiger partial charge in [0.05, 0.1) is 20.8 Å². The number of aromatic nitrogens is 3. The molecule has 7 rings (SSSR count). The number of furan rings is 1. The van der Waals surface area contributed by atoms with Crippen LogP contribution in [-0.4, -0.2) is 15.0 Å². The van der Waals surface area contributed by atoms with Crippen molar-refractivity contribution in [3.8, 4) is 22.5 Å². The van der Waals surface area contributed by atoms with Crippen molar-refractivity contribution in [1.29, 1.82) is 0 Å². The number of fused-ring (bicyclic) bond motifs is 5. The van der Waals surface area contributed by atoms with Crippen LogP contribution in [0.4, 0.5) is 0 Å². The third-order valence-electron chi connectivity index (χ3n) is 5.52. The van der Waals surface area contributed by atoms with Crippen molar-refractivity contribution in [3.63, 3.8) is 0 Å². The molecule has 6 heteroatoms. The van der Waals surface area contributed by atoms with Crippen LogP contribution in [0.3, 0.4) is 0 Å². The second-order valence-corrected chi connectivity index (χ2v) is 9.11. The monoisotopic (exact) mass is 683 g/mol. The summed E-state index contributed by atoms with van der Waals surface area (Å²) in [6.07, 6.45) is 1.05. The number of aryl methyl sites for hydroxylation is 2. The Morgan fingerprint density at radius 2 is 1.84 bits per heavy atom. The first-order valence-electron chi connectivity index (χ1n) is 14.5. The number of benzene rings is 3. The summed E-state index contributed by atoms with van der Waals surface area (Å²) >= 11 is 1.59. The molecule has 37 heavy (non-hydrogen) atoms. The van der Waals surface area contributed by atoms with Crippen molar-refractivity contribution in [3.05, 3.63) is 114 Å². The van der Waals surface area contributed by atoms with E-state index < -0.39 is 6.85 Å². The number of rotatable bonds is 2. The standard InChI is InChI=1S/C19H11N2OS.C12H10N.Ir/c1-11-21-17-16(23-11)9-8-13-12-5-4-6-14(18(12)22-19(13)17)15-7-2-3-10-20-15;1-10-7-8-12(13-9-10)11-5-3-2-4-6-11;/h2-5,7-10H,1H3;2-5,7-9H,1H3;/q2*-1;/i2D,3D,7D,10D;1D3;. The quantitative estimate of drug-likeness (QED) is 0.173. The number of pyridine rings is 2. The van der Waals surface area contributed by atoms with Gasteiger partial charge in [0, 0.05) is 42.0 Å². The molecule has 0 N–H and O–H groups in total. The van der Waals surface area contributed by atoms with Crippen LogP contribution in [0.25, 0.3) is 54.7 Å². The van der Waals surface area contributed by atoms with E-state index in [0.29, 0.717) is 16.7 Å². The van der Waals surface area contributed by atoms with Gasteiger partial charge in [-0.3, -0.25) is 0 Å². The van der Waals surface area contributed by atoms with E-state index in [9.17, 15) is 0 Å². The van der Waals surface area contributed by atoms with Crippen molar-refractivity contribution in [1.82, 2.24) is 15.0 Å². The molecule has 7 aromatic rings. The van der Waals surface area contributed by atoms with Crippen LogP contribution in [0, 0.1) is 25.9 Å². The Balaban J connectivity index is 0.000000194. The maximum absolute atomic E-state index is 8.19. The van der Waals surface area contributed by atoms with Gasteiger partial charge >= 0.3 is 0 Å². The second-order valence-electron chi connectivity index (χ2n) is 7.87. The van der Waals surface area contributed by atoms with Gasteiger partial charge in [-0.15, -0.1) is 65.4 Å². The molecule has 0 aliphatic heterocycles. The third-order valence-corrected chi connectivity index (χ3v) is 6.45. The molecule has 0 spiro atoms. The predicted octanol–water partition coefficient (Wildman–Crippen LogP) is 8.22. The van der Waals surface area contributed by atoms with Crippen molar-refractivity contribution >= 4 is 43.5 Å². The third kappa shape index (κ3) is 4.96. The van der Waals surface area contributed by atoms with Crippen molar-refractivity contribution in [2.75, 3.05) is 0 Å². The molecule has 3 aromatic carbocycles. The predicted molar refractivity (Wildman–Crippen MR) is 147 cm³/mol. The van der Waals surface area contributed by atoms with E-state index in [1.165, 1.54) is 6.20 Å². The molecular weight excluding hydrogens is 655 g/mol. The van der Waals surface area contributed by atoms with Crippen molar-refractivity contribution < 1.29 is 34.1 Å². The van der Waals surface area contributed by atoms with Crippen molar-refractivity contribution in [2.24, 2.45) is 0 Å². The second kappa shape index (κ2) is 10.7. The average Bonchev–Trinajstić information content (AvgIpc) is 3.58. The zero-order valence-electron chi connectivity index (χ0n) is 26.3. The molecule has 0 aliphatic carbocycles. The first-order valence-corrected chi connectivity index (χ1v) is 11.9. The Morgan fingerprint density at radius 3 is 2.65 bits per heavy atom. The van der Waals surface area contributed by atoms with E-state index in [4.69, 9.17) is 14.0 Å². The number of thiazole rings is 1. The fraction of sp³-hybridized carbons (Fsp3) is 0.0645. The number of hydrogen-bond donors (Lipinski definition) is 0. The average molecular weight is 683 g/mol. The van der Waals surface area contributed by atoms with Crippen molar-refractivity contribution in [2.45, 2.75) is 13.8 Å². The van der Waals surface area contributed by atoms with Gasteiger partial charge in [-0.05, 0) is 42.8 Å². The summed E-state index contributed by atoms with van der Waals surface area (Å²) in [4.78, 5) is 12.8. The Kier molecular flexibility index (Phi) is 5.13. The molecule has 0 aliphatic rings. The Labute approximate surface area is 242 Å². The number of hydrogen-bond acceptors (Lipinski definition) is 5. The maximum atomic E-state index is 8.19. The van der Waals surface area contributed by atoms with Crippen LogP contribution in [-0.2, 0) is 20.1 Å². The molecule has 0 amide bonds. The Bertz CT molecular complexity index is 2130. The number of nitrogens with zero attached hydrogens (tertiary/aromatic N) is 3. The largest absolute Gasteiger partial charge is 0.498 e. The van der Waals surface area contributed by atoms with Gasteiger partial charge in [-0.25, -0.2) is 4.98 Å². The van der Waals surface area contributed by atoms with Crippen LogP contribution in [0.1, 0.15) is 20.2 Å². The first-order chi connectivity index (χ1) is 20.5. The van der Waals surface area contributed by atoms with Gasteiger partial charge in [0.15, 0.2) is 0 Å². The van der Waals surface area contributed by atoms with Gasteiger partial charge < -0.3 is 14.4 Å². The molecule has 0 atom stereocenters. The summed E-state index contributed by atoms with van der Waals surface area (Å²) in [6.45, 7) is -0.144. The van der Waals surface area contributed by atoms with E-state index in [0.717, 1.165) is 37.3 Å². The summed E-state index contributed by atoms with van der Waals surface area (Å²) in [7, 11) is 0. The van der Waals surface area contributed by atoms with E-state index in [1.54, 1.807) is 35.6 Å². The van der Waals surface area contributed by atoms with Gasteiger partial charge in [-0.2, -0.15) is 0 Å². The van der Waals surface area contributed by atoms with Gasteiger partial charge in [0.25, 0.3) is 0 Å². The van der Waals surface area contributed by atoms with Crippen LogP contribution >= 0.6 is 11.3 Å². The fourth-order valence-corrected chi connectivity index (χ4v) is 4.76. The molecule has 4 nitrogen and oxygen atoms in total. The molecule has 4 aromatic heterocycles. The molecule has 0 unspecified atom stereocenters. The van der Waals surface area contributed by atoms with Crippen LogP contribution in [0.2, 0.25) is 0 Å². The Hall–Kier alpha value is -3.70. The van der Waals surface area contributed by atoms with Gasteiger partial charge in [0.2, 0.25) is 0 Å². The smallest absolute Gasteiger partial charge is 0.148 e. The molecule has 0 saturated carbocycles. The van der Waals surface area contributed by atoms with Crippen LogP contribution < -0.4 is 0 Å². The Morgan fingerprint density at radius 1 is 0.919 bits per heavy atom. The topological polar surface area (TPSA) is 51.8 Å². The van der Waals surface area contributed by atoms with Crippen LogP contribution in [0.5, 0.6) is 0 Å². The molecule has 0 fully saturated rings. The molecule has 183 valence electrons. The SMILES string of the molecule is [2H]C([2H])([2H])c1ccc(-c2[c-]cccc2)nc1.[2H]c1nc(-c2[c-]ccc3c2oc2c3ccc3sc(C)nc32)c([2H])c([2H])c1[2H].[Ir]. The zero-order chi connectivity index (χ0) is 30.5. The van der Waals surface area contributed by atoms with Gasteiger partial charge in [0.1, 0.15) is 11.1 Å². The molecular formula is C31H21IrN3OS-2. The normalized spacial score (nSPS) is 13.8. The minimum atomic E-state index is -2.09. The molecule has 0 bridgehead atoms.